The van der Waals surface area contributed by atoms with Gasteiger partial charge in [-0.25, -0.2) is 4.98 Å². The van der Waals surface area contributed by atoms with Crippen LogP contribution in [0.2, 0.25) is 0 Å². The number of rotatable bonds is 1. The SMILES string of the molecule is C(=C1\CCCNCC1)/c1cscn1. The number of hydrogen-bond acceptors (Lipinski definition) is 3. The second kappa shape index (κ2) is 4.53. The van der Waals surface area contributed by atoms with Crippen molar-refractivity contribution < 1.29 is 0 Å². The molecule has 0 amide bonds. The smallest absolute Gasteiger partial charge is 0.0798 e. The van der Waals surface area contributed by atoms with E-state index in [1.165, 1.54) is 24.8 Å². The van der Waals surface area contributed by atoms with E-state index < -0.39 is 0 Å². The Kier molecular flexibility index (Phi) is 3.11. The van der Waals surface area contributed by atoms with Gasteiger partial charge in [-0.3, -0.25) is 0 Å². The molecule has 0 aromatic carbocycles. The molecule has 0 radical (unpaired) electrons. The van der Waals surface area contributed by atoms with E-state index in [0.29, 0.717) is 0 Å². The zero-order valence-electron chi connectivity index (χ0n) is 7.62. The molecule has 2 heterocycles. The fourth-order valence-electron chi connectivity index (χ4n) is 1.59. The first-order chi connectivity index (χ1) is 6.45. The van der Waals surface area contributed by atoms with E-state index >= 15 is 0 Å². The Morgan fingerprint density at radius 2 is 2.38 bits per heavy atom. The van der Waals surface area contributed by atoms with Gasteiger partial charge >= 0.3 is 0 Å². The molecule has 0 aliphatic carbocycles. The Hall–Kier alpha value is -0.670. The second-order valence-electron chi connectivity index (χ2n) is 3.32. The molecule has 13 heavy (non-hydrogen) atoms. The minimum Gasteiger partial charge on any atom is -0.316 e. The van der Waals surface area contributed by atoms with Crippen molar-refractivity contribution in [2.75, 3.05) is 13.1 Å². The van der Waals surface area contributed by atoms with Crippen molar-refractivity contribution in [1.29, 1.82) is 0 Å². The summed E-state index contributed by atoms with van der Waals surface area (Å²) in [5.41, 5.74) is 4.55. The van der Waals surface area contributed by atoms with Gasteiger partial charge in [-0.2, -0.15) is 0 Å². The highest BCUT2D eigenvalue weighted by atomic mass is 32.1. The Bertz CT molecular complexity index is 267. The zero-order chi connectivity index (χ0) is 8.93. The van der Waals surface area contributed by atoms with Crippen LogP contribution in [0.3, 0.4) is 0 Å². The maximum atomic E-state index is 4.26. The highest BCUT2D eigenvalue weighted by molar-refractivity contribution is 7.07. The number of nitrogens with zero attached hydrogens (tertiary/aromatic N) is 1. The van der Waals surface area contributed by atoms with Crippen LogP contribution in [0.25, 0.3) is 6.08 Å². The Morgan fingerprint density at radius 1 is 1.38 bits per heavy atom. The maximum Gasteiger partial charge on any atom is 0.0798 e. The Balaban J connectivity index is 2.05. The van der Waals surface area contributed by atoms with Gasteiger partial charge in [0.15, 0.2) is 0 Å². The van der Waals surface area contributed by atoms with Gasteiger partial charge in [-0.15, -0.1) is 11.3 Å². The normalized spacial score (nSPS) is 21.7. The van der Waals surface area contributed by atoms with Crippen molar-refractivity contribution in [2.45, 2.75) is 19.3 Å². The van der Waals surface area contributed by atoms with Crippen molar-refractivity contribution >= 4 is 17.4 Å². The highest BCUT2D eigenvalue weighted by Gasteiger charge is 2.03. The van der Waals surface area contributed by atoms with Crippen LogP contribution in [-0.2, 0) is 0 Å². The second-order valence-corrected chi connectivity index (χ2v) is 4.04. The van der Waals surface area contributed by atoms with Crippen molar-refractivity contribution in [3.05, 3.63) is 22.2 Å². The van der Waals surface area contributed by atoms with Crippen molar-refractivity contribution in [3.8, 4) is 0 Å². The molecule has 2 rings (SSSR count). The van der Waals surface area contributed by atoms with E-state index in [-0.39, 0.29) is 0 Å². The van der Waals surface area contributed by atoms with Crippen LogP contribution in [0.1, 0.15) is 25.0 Å². The lowest BCUT2D eigenvalue weighted by Crippen LogP contribution is -2.13. The van der Waals surface area contributed by atoms with E-state index in [9.17, 15) is 0 Å². The number of hydrogen-bond donors (Lipinski definition) is 1. The number of thiazole rings is 1. The summed E-state index contributed by atoms with van der Waals surface area (Å²) in [5, 5.41) is 5.50. The van der Waals surface area contributed by atoms with Crippen LogP contribution < -0.4 is 5.32 Å². The van der Waals surface area contributed by atoms with Gasteiger partial charge in [-0.05, 0) is 38.4 Å². The van der Waals surface area contributed by atoms with Crippen LogP contribution >= 0.6 is 11.3 Å². The fraction of sp³-hybridized carbons (Fsp3) is 0.500. The zero-order valence-corrected chi connectivity index (χ0v) is 8.44. The standard InChI is InChI=1S/C10H14N2S/c1-2-9(3-5-11-4-1)6-10-7-13-8-12-10/h6-8,11H,1-5H2/b9-6-. The summed E-state index contributed by atoms with van der Waals surface area (Å²) in [6.45, 7) is 2.28. The first-order valence-electron chi connectivity index (χ1n) is 4.73. The van der Waals surface area contributed by atoms with E-state index in [0.717, 1.165) is 18.8 Å². The van der Waals surface area contributed by atoms with Crippen molar-refractivity contribution in [3.63, 3.8) is 0 Å². The third-order valence-corrected chi connectivity index (χ3v) is 2.88. The number of nitrogens with one attached hydrogen (secondary N) is 1. The average Bonchev–Trinajstić information content (AvgIpc) is 2.49. The maximum absolute atomic E-state index is 4.26. The average molecular weight is 194 g/mol. The van der Waals surface area contributed by atoms with Gasteiger partial charge in [0, 0.05) is 5.38 Å². The van der Waals surface area contributed by atoms with Gasteiger partial charge in [-0.1, -0.05) is 5.57 Å². The van der Waals surface area contributed by atoms with Crippen molar-refractivity contribution in [2.24, 2.45) is 0 Å². The minimum absolute atomic E-state index is 1.12. The lowest BCUT2D eigenvalue weighted by Gasteiger charge is -1.99. The van der Waals surface area contributed by atoms with Gasteiger partial charge in [0.25, 0.3) is 0 Å². The molecule has 1 aliphatic rings. The molecule has 1 N–H and O–H groups in total. The molecule has 3 heteroatoms. The summed E-state index contributed by atoms with van der Waals surface area (Å²) in [6, 6.07) is 0. The number of aromatic nitrogens is 1. The lowest BCUT2D eigenvalue weighted by molar-refractivity contribution is 0.703. The third-order valence-electron chi connectivity index (χ3n) is 2.28. The predicted molar refractivity (Wildman–Crippen MR) is 56.8 cm³/mol. The van der Waals surface area contributed by atoms with Gasteiger partial charge in [0.1, 0.15) is 0 Å². The summed E-state index contributed by atoms with van der Waals surface area (Å²) in [5.74, 6) is 0. The topological polar surface area (TPSA) is 24.9 Å². The molecule has 0 atom stereocenters. The van der Waals surface area contributed by atoms with Crippen LogP contribution in [-0.4, -0.2) is 18.1 Å². The van der Waals surface area contributed by atoms with Gasteiger partial charge in [0.2, 0.25) is 0 Å². The first-order valence-corrected chi connectivity index (χ1v) is 5.68. The molecule has 0 bridgehead atoms. The van der Waals surface area contributed by atoms with Gasteiger partial charge < -0.3 is 5.32 Å². The van der Waals surface area contributed by atoms with Crippen LogP contribution in [0.5, 0.6) is 0 Å². The highest BCUT2D eigenvalue weighted by Crippen LogP contribution is 2.16. The molecular weight excluding hydrogens is 180 g/mol. The predicted octanol–water partition coefficient (Wildman–Crippen LogP) is 2.30. The molecule has 2 nitrogen and oxygen atoms in total. The summed E-state index contributed by atoms with van der Waals surface area (Å²) >= 11 is 1.66. The monoisotopic (exact) mass is 194 g/mol. The molecule has 1 fully saturated rings. The molecule has 1 aliphatic heterocycles. The van der Waals surface area contributed by atoms with Crippen LogP contribution in [0, 0.1) is 0 Å². The van der Waals surface area contributed by atoms with Crippen LogP contribution in [0.4, 0.5) is 0 Å². The van der Waals surface area contributed by atoms with E-state index in [4.69, 9.17) is 0 Å². The third kappa shape index (κ3) is 2.64. The summed E-state index contributed by atoms with van der Waals surface area (Å²) < 4.78 is 0. The van der Waals surface area contributed by atoms with E-state index in [1.807, 2.05) is 5.51 Å². The fourth-order valence-corrected chi connectivity index (χ4v) is 2.10. The van der Waals surface area contributed by atoms with Crippen LogP contribution in [0.15, 0.2) is 16.5 Å². The molecule has 1 aromatic rings. The quantitative estimate of drug-likeness (QED) is 0.742. The van der Waals surface area contributed by atoms with Crippen molar-refractivity contribution in [1.82, 2.24) is 10.3 Å². The molecule has 70 valence electrons. The summed E-state index contributed by atoms with van der Waals surface area (Å²) in [7, 11) is 0. The molecule has 0 spiro atoms. The first kappa shape index (κ1) is 8.91. The summed E-state index contributed by atoms with van der Waals surface area (Å²) in [4.78, 5) is 4.26. The largest absolute Gasteiger partial charge is 0.316 e. The molecular formula is C10H14N2S. The van der Waals surface area contributed by atoms with Gasteiger partial charge in [0.05, 0.1) is 11.2 Å². The molecule has 1 saturated heterocycles. The molecule has 1 aromatic heterocycles. The summed E-state index contributed by atoms with van der Waals surface area (Å²) in [6.07, 6.45) is 5.90. The Labute approximate surface area is 82.7 Å². The minimum atomic E-state index is 1.12. The molecule has 0 saturated carbocycles. The Morgan fingerprint density at radius 3 is 3.23 bits per heavy atom. The van der Waals surface area contributed by atoms with E-state index in [1.54, 1.807) is 11.3 Å². The molecule has 0 unspecified atom stereocenters. The van der Waals surface area contributed by atoms with E-state index in [2.05, 4.69) is 21.8 Å². The lowest BCUT2D eigenvalue weighted by atomic mass is 10.1.